The largest absolute Gasteiger partial charge is 0.481 e. The molecule has 0 fully saturated rings. The van der Waals surface area contributed by atoms with Gasteiger partial charge in [0.25, 0.3) is 11.8 Å². The number of amides is 2. The molecular weight excluding hydrogens is 449 g/mol. The minimum Gasteiger partial charge on any atom is -0.481 e. The normalized spacial score (nSPS) is 11.7. The average molecular weight is 467 g/mol. The van der Waals surface area contributed by atoms with Crippen LogP contribution in [0.5, 0.6) is 17.4 Å². The second kappa shape index (κ2) is 9.57. The first kappa shape index (κ1) is 22.1. The Kier molecular flexibility index (Phi) is 6.41. The quantitative estimate of drug-likeness (QED) is 0.407. The zero-order valence-electron chi connectivity index (χ0n) is 17.3. The van der Waals surface area contributed by atoms with E-state index in [1.165, 1.54) is 25.3 Å². The number of aromatic nitrogens is 3. The Morgan fingerprint density at radius 1 is 1.12 bits per heavy atom. The Bertz CT molecular complexity index is 1330. The minimum atomic E-state index is -0.897. The summed E-state index contributed by atoms with van der Waals surface area (Å²) in [6, 6.07) is 12.4. The van der Waals surface area contributed by atoms with Crippen molar-refractivity contribution in [1.29, 1.82) is 0 Å². The molecule has 33 heavy (non-hydrogen) atoms. The van der Waals surface area contributed by atoms with Crippen molar-refractivity contribution in [2.24, 2.45) is 5.73 Å². The summed E-state index contributed by atoms with van der Waals surface area (Å²) >= 11 is 1.09. The number of nitrogens with zero attached hydrogens (tertiary/aromatic N) is 3. The number of fused-ring (bicyclic) bond motifs is 1. The first-order valence-electron chi connectivity index (χ1n) is 9.78. The molecule has 11 heteroatoms. The topological polar surface area (TPSA) is 129 Å². The highest BCUT2D eigenvalue weighted by Gasteiger charge is 2.16. The molecule has 2 amide bonds. The summed E-state index contributed by atoms with van der Waals surface area (Å²) in [5, 5.41) is 2.65. The van der Waals surface area contributed by atoms with Gasteiger partial charge in [0.1, 0.15) is 33.9 Å². The number of hydrogen-bond donors (Lipinski definition) is 2. The molecule has 168 valence electrons. The number of pyridine rings is 1. The van der Waals surface area contributed by atoms with E-state index in [9.17, 15) is 14.0 Å². The van der Waals surface area contributed by atoms with E-state index in [4.69, 9.17) is 15.2 Å². The maximum Gasteiger partial charge on any atom is 0.258 e. The van der Waals surface area contributed by atoms with Gasteiger partial charge in [-0.2, -0.15) is 8.75 Å². The molecule has 2 heterocycles. The van der Waals surface area contributed by atoms with E-state index in [1.54, 1.807) is 30.3 Å². The van der Waals surface area contributed by atoms with Crippen molar-refractivity contribution in [3.63, 3.8) is 0 Å². The van der Waals surface area contributed by atoms with Crippen LogP contribution >= 0.6 is 11.7 Å². The molecule has 1 unspecified atom stereocenters. The van der Waals surface area contributed by atoms with E-state index in [0.717, 1.165) is 23.3 Å². The number of primary amides is 1. The number of ether oxygens (including phenoxy) is 2. The smallest absolute Gasteiger partial charge is 0.258 e. The summed E-state index contributed by atoms with van der Waals surface area (Å²) in [5.74, 6) is -1.04. The number of halogens is 1. The highest BCUT2D eigenvalue weighted by molar-refractivity contribution is 7.00. The SMILES string of the molecule is CC(Oc1ccc(CNC(=O)c2cccnc2Oc2ccc3nsnc3c2)c(F)c1)C(N)=O. The number of carbonyl (C=O) groups excluding carboxylic acids is 2. The Labute approximate surface area is 191 Å². The highest BCUT2D eigenvalue weighted by Crippen LogP contribution is 2.26. The molecule has 4 rings (SSSR count). The molecule has 1 atom stereocenters. The van der Waals surface area contributed by atoms with Gasteiger partial charge in [-0.25, -0.2) is 9.37 Å². The van der Waals surface area contributed by atoms with E-state index >= 15 is 0 Å². The zero-order valence-corrected chi connectivity index (χ0v) is 18.1. The van der Waals surface area contributed by atoms with Crippen LogP contribution in [-0.2, 0) is 11.3 Å². The standard InChI is InChI=1S/C22H18FN5O4S/c1-12(20(24)29)31-14-5-4-13(17(23)9-14)11-26-21(30)16-3-2-8-25-22(16)32-15-6-7-18-19(10-15)28-33-27-18/h2-10,12H,11H2,1H3,(H2,24,29)(H,26,30). The van der Waals surface area contributed by atoms with Gasteiger partial charge in [0.15, 0.2) is 6.10 Å². The lowest BCUT2D eigenvalue weighted by atomic mass is 10.2. The van der Waals surface area contributed by atoms with Gasteiger partial charge in [-0.3, -0.25) is 9.59 Å². The van der Waals surface area contributed by atoms with Crippen molar-refractivity contribution >= 4 is 34.6 Å². The summed E-state index contributed by atoms with van der Waals surface area (Å²) in [7, 11) is 0. The monoisotopic (exact) mass is 467 g/mol. The lowest BCUT2D eigenvalue weighted by Crippen LogP contribution is -2.30. The summed E-state index contributed by atoms with van der Waals surface area (Å²) in [4.78, 5) is 28.0. The Morgan fingerprint density at radius 2 is 1.91 bits per heavy atom. The number of hydrogen-bond acceptors (Lipinski definition) is 8. The molecular formula is C22H18FN5O4S. The minimum absolute atomic E-state index is 0.0822. The van der Waals surface area contributed by atoms with Crippen LogP contribution in [0.15, 0.2) is 54.7 Å². The molecule has 0 aliphatic heterocycles. The van der Waals surface area contributed by atoms with Crippen LogP contribution in [0, 0.1) is 5.82 Å². The third kappa shape index (κ3) is 5.21. The molecule has 0 saturated heterocycles. The van der Waals surface area contributed by atoms with E-state index in [2.05, 4.69) is 19.0 Å². The molecule has 2 aromatic carbocycles. The molecule has 3 N–H and O–H groups in total. The second-order valence-corrected chi connectivity index (χ2v) is 7.50. The van der Waals surface area contributed by atoms with Crippen molar-refractivity contribution < 1.29 is 23.5 Å². The van der Waals surface area contributed by atoms with Gasteiger partial charge in [0, 0.05) is 30.4 Å². The van der Waals surface area contributed by atoms with Gasteiger partial charge in [0.05, 0.1) is 11.7 Å². The van der Waals surface area contributed by atoms with E-state index in [0.29, 0.717) is 11.3 Å². The van der Waals surface area contributed by atoms with Crippen LogP contribution in [0.25, 0.3) is 11.0 Å². The Hall–Kier alpha value is -4.12. The molecule has 0 aliphatic rings. The van der Waals surface area contributed by atoms with Gasteiger partial charge in [-0.15, -0.1) is 0 Å². The van der Waals surface area contributed by atoms with Crippen LogP contribution in [0.1, 0.15) is 22.8 Å². The van der Waals surface area contributed by atoms with Crippen molar-refractivity contribution in [2.45, 2.75) is 19.6 Å². The second-order valence-electron chi connectivity index (χ2n) is 6.97. The molecule has 2 aromatic heterocycles. The van der Waals surface area contributed by atoms with Crippen LogP contribution in [0.3, 0.4) is 0 Å². The van der Waals surface area contributed by atoms with Gasteiger partial charge in [0.2, 0.25) is 5.88 Å². The molecule has 0 bridgehead atoms. The fourth-order valence-electron chi connectivity index (χ4n) is 2.86. The van der Waals surface area contributed by atoms with Crippen molar-refractivity contribution in [1.82, 2.24) is 19.0 Å². The number of benzene rings is 2. The predicted octanol–water partition coefficient (Wildman–Crippen LogP) is 3.20. The fraction of sp³-hybridized carbons (Fsp3) is 0.136. The van der Waals surface area contributed by atoms with Crippen LogP contribution < -0.4 is 20.5 Å². The van der Waals surface area contributed by atoms with Crippen LogP contribution in [0.4, 0.5) is 4.39 Å². The first-order valence-corrected chi connectivity index (χ1v) is 10.5. The molecule has 0 saturated carbocycles. The summed E-state index contributed by atoms with van der Waals surface area (Å²) < 4.78 is 33.8. The molecule has 9 nitrogen and oxygen atoms in total. The first-order chi connectivity index (χ1) is 15.9. The maximum atomic E-state index is 14.4. The third-order valence-electron chi connectivity index (χ3n) is 4.63. The lowest BCUT2D eigenvalue weighted by molar-refractivity contribution is -0.123. The molecule has 0 aliphatic carbocycles. The number of rotatable bonds is 8. The van der Waals surface area contributed by atoms with Gasteiger partial charge >= 0.3 is 0 Å². The van der Waals surface area contributed by atoms with Crippen molar-refractivity contribution in [2.75, 3.05) is 0 Å². The van der Waals surface area contributed by atoms with Crippen LogP contribution in [-0.4, -0.2) is 31.6 Å². The van der Waals surface area contributed by atoms with E-state index in [-0.39, 0.29) is 29.3 Å². The van der Waals surface area contributed by atoms with Crippen molar-refractivity contribution in [3.8, 4) is 17.4 Å². The Balaban J connectivity index is 1.44. The number of nitrogens with two attached hydrogens (primary N) is 1. The molecule has 0 spiro atoms. The van der Waals surface area contributed by atoms with Gasteiger partial charge in [-0.1, -0.05) is 6.07 Å². The van der Waals surface area contributed by atoms with Gasteiger partial charge in [-0.05, 0) is 37.3 Å². The number of nitrogens with one attached hydrogen (secondary N) is 1. The van der Waals surface area contributed by atoms with Crippen molar-refractivity contribution in [3.05, 3.63) is 71.7 Å². The summed E-state index contributed by atoms with van der Waals surface area (Å²) in [5.41, 5.74) is 6.98. The molecule has 4 aromatic rings. The molecule has 0 radical (unpaired) electrons. The van der Waals surface area contributed by atoms with Crippen LogP contribution in [0.2, 0.25) is 0 Å². The Morgan fingerprint density at radius 3 is 2.70 bits per heavy atom. The fourth-order valence-corrected chi connectivity index (χ4v) is 3.38. The maximum absolute atomic E-state index is 14.4. The lowest BCUT2D eigenvalue weighted by Gasteiger charge is -2.13. The van der Waals surface area contributed by atoms with E-state index in [1.807, 2.05) is 0 Å². The zero-order chi connectivity index (χ0) is 23.4. The van der Waals surface area contributed by atoms with Gasteiger partial charge < -0.3 is 20.5 Å². The number of carbonyl (C=O) groups is 2. The summed E-state index contributed by atoms with van der Waals surface area (Å²) in [6.45, 7) is 1.38. The predicted molar refractivity (Wildman–Crippen MR) is 119 cm³/mol. The summed E-state index contributed by atoms with van der Waals surface area (Å²) in [6.07, 6.45) is 0.604. The highest BCUT2D eigenvalue weighted by atomic mass is 32.1. The average Bonchev–Trinajstić information content (AvgIpc) is 3.26. The third-order valence-corrected chi connectivity index (χ3v) is 5.19. The van der Waals surface area contributed by atoms with E-state index < -0.39 is 23.7 Å².